The molecule has 1 aromatic rings. The third-order valence-electron chi connectivity index (χ3n) is 2.31. The second kappa shape index (κ2) is 6.44. The molecular weight excluding hydrogens is 300 g/mol. The average Bonchev–Trinajstić information content (AvgIpc) is 2.28. The molecule has 0 fully saturated rings. The lowest BCUT2D eigenvalue weighted by atomic mass is 10.0. The minimum absolute atomic E-state index is 0.121. The summed E-state index contributed by atoms with van der Waals surface area (Å²) >= 11 is 3.29. The van der Waals surface area contributed by atoms with Crippen LogP contribution in [-0.4, -0.2) is 24.1 Å². The number of aryl methyl sites for hydroxylation is 1. The molecule has 0 unspecified atom stereocenters. The van der Waals surface area contributed by atoms with E-state index in [0.29, 0.717) is 5.56 Å². The Labute approximate surface area is 113 Å². The Kier molecular flexibility index (Phi) is 5.22. The molecule has 0 atom stereocenters. The van der Waals surface area contributed by atoms with Crippen LogP contribution in [0, 0.1) is 6.92 Å². The van der Waals surface area contributed by atoms with Gasteiger partial charge in [0.25, 0.3) is 0 Å². The molecule has 0 spiro atoms. The van der Waals surface area contributed by atoms with Gasteiger partial charge in [-0.15, -0.1) is 0 Å². The zero-order chi connectivity index (χ0) is 13.7. The highest BCUT2D eigenvalue weighted by atomic mass is 79.9. The van der Waals surface area contributed by atoms with E-state index in [0.717, 1.165) is 10.0 Å². The van der Waals surface area contributed by atoms with Crippen LogP contribution in [0.1, 0.15) is 29.3 Å². The van der Waals surface area contributed by atoms with E-state index in [-0.39, 0.29) is 12.4 Å². The fraction of sp³-hybridized carbons (Fsp3) is 0.308. The average molecular weight is 313 g/mol. The van der Waals surface area contributed by atoms with E-state index < -0.39 is 18.2 Å². The maximum absolute atomic E-state index is 11.9. The van der Waals surface area contributed by atoms with Crippen LogP contribution in [-0.2, 0) is 14.3 Å². The Morgan fingerprint density at radius 1 is 1.28 bits per heavy atom. The zero-order valence-corrected chi connectivity index (χ0v) is 11.7. The summed E-state index contributed by atoms with van der Waals surface area (Å²) in [7, 11) is 0. The molecule has 1 aromatic carbocycles. The fourth-order valence-electron chi connectivity index (χ4n) is 1.46. The van der Waals surface area contributed by atoms with Gasteiger partial charge in [0.15, 0.2) is 5.78 Å². The Morgan fingerprint density at radius 3 is 2.50 bits per heavy atom. The number of benzene rings is 1. The van der Waals surface area contributed by atoms with Crippen LogP contribution < -0.4 is 0 Å². The lowest BCUT2D eigenvalue weighted by molar-refractivity contribution is -0.153. The third-order valence-corrected chi connectivity index (χ3v) is 2.81. The molecule has 0 saturated heterocycles. The molecule has 0 aromatic heterocycles. The Morgan fingerprint density at radius 2 is 1.94 bits per heavy atom. The van der Waals surface area contributed by atoms with E-state index in [1.807, 2.05) is 0 Å². The summed E-state index contributed by atoms with van der Waals surface area (Å²) in [6.45, 7) is 3.49. The SMILES string of the molecule is CCOC(=O)C(=O)CC(=O)c1ccc(Br)cc1C. The van der Waals surface area contributed by atoms with Crippen molar-refractivity contribution < 1.29 is 19.1 Å². The van der Waals surface area contributed by atoms with Gasteiger partial charge < -0.3 is 4.74 Å². The molecule has 0 radical (unpaired) electrons. The predicted octanol–water partition coefficient (Wildman–Crippen LogP) is 2.46. The fourth-order valence-corrected chi connectivity index (χ4v) is 1.94. The van der Waals surface area contributed by atoms with E-state index in [1.165, 1.54) is 0 Å². The van der Waals surface area contributed by atoms with Crippen molar-refractivity contribution in [2.24, 2.45) is 0 Å². The smallest absolute Gasteiger partial charge is 0.375 e. The second-order valence-electron chi connectivity index (χ2n) is 3.70. The van der Waals surface area contributed by atoms with Gasteiger partial charge in [-0.2, -0.15) is 0 Å². The first-order valence-corrected chi connectivity index (χ1v) is 6.24. The Balaban J connectivity index is 2.77. The molecular formula is C13H13BrO4. The van der Waals surface area contributed by atoms with Crippen LogP contribution in [0.25, 0.3) is 0 Å². The molecule has 0 aliphatic carbocycles. The molecule has 4 nitrogen and oxygen atoms in total. The highest BCUT2D eigenvalue weighted by Gasteiger charge is 2.20. The molecule has 0 heterocycles. The summed E-state index contributed by atoms with van der Waals surface area (Å²) in [5.41, 5.74) is 1.20. The van der Waals surface area contributed by atoms with Crippen molar-refractivity contribution in [1.82, 2.24) is 0 Å². The molecule has 96 valence electrons. The zero-order valence-electron chi connectivity index (χ0n) is 10.2. The summed E-state index contributed by atoms with van der Waals surface area (Å²) < 4.78 is 5.40. The van der Waals surface area contributed by atoms with Crippen LogP contribution in [0.15, 0.2) is 22.7 Å². The van der Waals surface area contributed by atoms with Gasteiger partial charge in [-0.05, 0) is 31.5 Å². The third kappa shape index (κ3) is 3.77. The Hall–Kier alpha value is -1.49. The maximum atomic E-state index is 11.9. The van der Waals surface area contributed by atoms with Crippen molar-refractivity contribution in [3.63, 3.8) is 0 Å². The number of Topliss-reactive ketones (excluding diaryl/α,β-unsaturated/α-hetero) is 2. The number of carbonyl (C=O) groups is 3. The largest absolute Gasteiger partial charge is 0.460 e. The number of halogens is 1. The van der Waals surface area contributed by atoms with Gasteiger partial charge in [0.1, 0.15) is 0 Å². The number of rotatable bonds is 5. The first-order chi connectivity index (χ1) is 8.45. The number of ether oxygens (including phenoxy) is 1. The van der Waals surface area contributed by atoms with Crippen LogP contribution in [0.2, 0.25) is 0 Å². The normalized spacial score (nSPS) is 9.94. The first-order valence-electron chi connectivity index (χ1n) is 5.45. The summed E-state index contributed by atoms with van der Waals surface area (Å²) in [6, 6.07) is 5.12. The monoisotopic (exact) mass is 312 g/mol. The summed E-state index contributed by atoms with van der Waals surface area (Å²) in [5, 5.41) is 0. The molecule has 0 saturated carbocycles. The van der Waals surface area contributed by atoms with Crippen LogP contribution >= 0.6 is 15.9 Å². The van der Waals surface area contributed by atoms with Gasteiger partial charge in [0.05, 0.1) is 13.0 Å². The molecule has 1 rings (SSSR count). The lowest BCUT2D eigenvalue weighted by Crippen LogP contribution is -2.21. The van der Waals surface area contributed by atoms with Crippen LogP contribution in [0.4, 0.5) is 0 Å². The van der Waals surface area contributed by atoms with Crippen molar-refractivity contribution in [3.05, 3.63) is 33.8 Å². The van der Waals surface area contributed by atoms with Gasteiger partial charge in [0.2, 0.25) is 5.78 Å². The maximum Gasteiger partial charge on any atom is 0.375 e. The number of esters is 1. The minimum Gasteiger partial charge on any atom is -0.460 e. The predicted molar refractivity (Wildman–Crippen MR) is 69.5 cm³/mol. The summed E-state index contributed by atoms with van der Waals surface area (Å²) in [4.78, 5) is 34.4. The lowest BCUT2D eigenvalue weighted by Gasteiger charge is -2.05. The second-order valence-corrected chi connectivity index (χ2v) is 4.62. The van der Waals surface area contributed by atoms with Crippen molar-refractivity contribution in [3.8, 4) is 0 Å². The standard InChI is InChI=1S/C13H13BrO4/c1-3-18-13(17)12(16)7-11(15)10-5-4-9(14)6-8(10)2/h4-6H,3,7H2,1-2H3. The molecule has 0 aliphatic rings. The van der Waals surface area contributed by atoms with Gasteiger partial charge in [-0.1, -0.05) is 22.0 Å². The van der Waals surface area contributed by atoms with E-state index in [2.05, 4.69) is 20.7 Å². The molecule has 18 heavy (non-hydrogen) atoms. The van der Waals surface area contributed by atoms with Gasteiger partial charge >= 0.3 is 5.97 Å². The van der Waals surface area contributed by atoms with Gasteiger partial charge in [-0.3, -0.25) is 9.59 Å². The number of hydrogen-bond acceptors (Lipinski definition) is 4. The van der Waals surface area contributed by atoms with E-state index >= 15 is 0 Å². The topological polar surface area (TPSA) is 60.4 Å². The molecule has 0 N–H and O–H groups in total. The summed E-state index contributed by atoms with van der Waals surface area (Å²) in [6.07, 6.45) is -0.457. The van der Waals surface area contributed by atoms with Crippen molar-refractivity contribution in [2.75, 3.05) is 6.61 Å². The van der Waals surface area contributed by atoms with Crippen molar-refractivity contribution in [2.45, 2.75) is 20.3 Å². The van der Waals surface area contributed by atoms with E-state index in [1.54, 1.807) is 32.0 Å². The highest BCUT2D eigenvalue weighted by molar-refractivity contribution is 9.10. The molecule has 0 bridgehead atoms. The van der Waals surface area contributed by atoms with Crippen LogP contribution in [0.5, 0.6) is 0 Å². The molecule has 0 aliphatic heterocycles. The number of hydrogen-bond donors (Lipinski definition) is 0. The van der Waals surface area contributed by atoms with Gasteiger partial charge in [-0.25, -0.2) is 4.79 Å². The Bertz CT molecular complexity index is 494. The highest BCUT2D eigenvalue weighted by Crippen LogP contribution is 2.17. The molecule has 0 amide bonds. The van der Waals surface area contributed by atoms with E-state index in [9.17, 15) is 14.4 Å². The minimum atomic E-state index is -0.958. The quantitative estimate of drug-likeness (QED) is 0.363. The number of carbonyl (C=O) groups excluding carboxylic acids is 3. The van der Waals surface area contributed by atoms with Crippen molar-refractivity contribution in [1.29, 1.82) is 0 Å². The number of ketones is 2. The van der Waals surface area contributed by atoms with E-state index in [4.69, 9.17) is 0 Å². The molecule has 5 heteroatoms. The summed E-state index contributed by atoms with van der Waals surface area (Å²) in [5.74, 6) is -2.15. The first kappa shape index (κ1) is 14.6. The van der Waals surface area contributed by atoms with Crippen molar-refractivity contribution >= 4 is 33.5 Å². The van der Waals surface area contributed by atoms with Crippen LogP contribution in [0.3, 0.4) is 0 Å². The van der Waals surface area contributed by atoms with Gasteiger partial charge in [0, 0.05) is 10.0 Å².